The van der Waals surface area contributed by atoms with E-state index >= 15 is 0 Å². The lowest BCUT2D eigenvalue weighted by Crippen LogP contribution is -2.50. The largest absolute Gasteiger partial charge is 0.377 e. The van der Waals surface area contributed by atoms with Gasteiger partial charge in [-0.05, 0) is 37.1 Å². The lowest BCUT2D eigenvalue weighted by atomic mass is 9.86. The number of nitrogens with one attached hydrogen (secondary N) is 2. The SMILES string of the molecule is C=CCOCCCC(=O)NC1CNCCC1c1ccc(F)c(F)c1.Cl. The third kappa shape index (κ3) is 6.72. The van der Waals surface area contributed by atoms with Crippen molar-refractivity contribution in [2.24, 2.45) is 0 Å². The van der Waals surface area contributed by atoms with Gasteiger partial charge in [0.15, 0.2) is 11.6 Å². The van der Waals surface area contributed by atoms with Gasteiger partial charge >= 0.3 is 0 Å². The molecular formula is C18H25ClF2N2O2. The number of hydrogen-bond acceptors (Lipinski definition) is 3. The molecule has 2 unspecified atom stereocenters. The molecule has 1 heterocycles. The molecule has 1 fully saturated rings. The molecule has 140 valence electrons. The Kier molecular flexibility index (Phi) is 9.63. The van der Waals surface area contributed by atoms with E-state index in [1.54, 1.807) is 12.1 Å². The quantitative estimate of drug-likeness (QED) is 0.543. The summed E-state index contributed by atoms with van der Waals surface area (Å²) in [4.78, 5) is 12.1. The number of hydrogen-bond donors (Lipinski definition) is 2. The van der Waals surface area contributed by atoms with E-state index in [1.807, 2.05) is 0 Å². The molecule has 2 rings (SSSR count). The zero-order valence-electron chi connectivity index (χ0n) is 14.1. The second-order valence-electron chi connectivity index (χ2n) is 5.91. The topological polar surface area (TPSA) is 50.4 Å². The Bertz CT molecular complexity index is 572. The number of ether oxygens (including phenoxy) is 1. The summed E-state index contributed by atoms with van der Waals surface area (Å²) in [6, 6.07) is 3.83. The maximum absolute atomic E-state index is 13.5. The minimum Gasteiger partial charge on any atom is -0.377 e. The zero-order valence-corrected chi connectivity index (χ0v) is 14.9. The van der Waals surface area contributed by atoms with E-state index in [-0.39, 0.29) is 30.3 Å². The number of carbonyl (C=O) groups is 1. The van der Waals surface area contributed by atoms with Gasteiger partial charge in [0.1, 0.15) is 0 Å². The van der Waals surface area contributed by atoms with Crippen LogP contribution in [0.25, 0.3) is 0 Å². The average molecular weight is 375 g/mol. The molecule has 1 aliphatic heterocycles. The van der Waals surface area contributed by atoms with Gasteiger partial charge in [-0.2, -0.15) is 0 Å². The molecular weight excluding hydrogens is 350 g/mol. The van der Waals surface area contributed by atoms with Crippen molar-refractivity contribution in [1.29, 1.82) is 0 Å². The van der Waals surface area contributed by atoms with E-state index in [1.165, 1.54) is 6.07 Å². The fourth-order valence-electron chi connectivity index (χ4n) is 2.93. The third-order valence-corrected chi connectivity index (χ3v) is 4.13. The Hall–Kier alpha value is -1.50. The highest BCUT2D eigenvalue weighted by Crippen LogP contribution is 2.27. The molecule has 0 bridgehead atoms. The van der Waals surface area contributed by atoms with E-state index < -0.39 is 11.6 Å². The van der Waals surface area contributed by atoms with Crippen molar-refractivity contribution in [2.45, 2.75) is 31.2 Å². The zero-order chi connectivity index (χ0) is 17.4. The predicted octanol–water partition coefficient (Wildman–Crippen LogP) is 2.93. The Morgan fingerprint density at radius 2 is 2.20 bits per heavy atom. The predicted molar refractivity (Wildman–Crippen MR) is 96.0 cm³/mol. The molecule has 4 nitrogen and oxygen atoms in total. The minimum absolute atomic E-state index is 0. The van der Waals surface area contributed by atoms with Gasteiger partial charge in [0.05, 0.1) is 6.61 Å². The molecule has 0 radical (unpaired) electrons. The van der Waals surface area contributed by atoms with Crippen LogP contribution in [0.4, 0.5) is 8.78 Å². The van der Waals surface area contributed by atoms with Gasteiger partial charge in [-0.15, -0.1) is 19.0 Å². The van der Waals surface area contributed by atoms with Crippen molar-refractivity contribution < 1.29 is 18.3 Å². The molecule has 7 heteroatoms. The van der Waals surface area contributed by atoms with Crippen LogP contribution < -0.4 is 10.6 Å². The molecule has 1 aliphatic rings. The summed E-state index contributed by atoms with van der Waals surface area (Å²) in [5.41, 5.74) is 0.718. The van der Waals surface area contributed by atoms with Gasteiger partial charge in [0.2, 0.25) is 5.91 Å². The number of piperidine rings is 1. The molecule has 0 saturated carbocycles. The Morgan fingerprint density at radius 3 is 2.92 bits per heavy atom. The van der Waals surface area contributed by atoms with Gasteiger partial charge in [0.25, 0.3) is 0 Å². The Labute approximate surface area is 153 Å². The first-order chi connectivity index (χ1) is 11.6. The number of carbonyl (C=O) groups excluding carboxylic acids is 1. The van der Waals surface area contributed by atoms with Crippen LogP contribution in [-0.4, -0.2) is 38.3 Å². The lowest BCUT2D eigenvalue weighted by molar-refractivity contribution is -0.122. The first-order valence-corrected chi connectivity index (χ1v) is 8.25. The minimum atomic E-state index is -0.854. The van der Waals surface area contributed by atoms with Crippen molar-refractivity contribution in [2.75, 3.05) is 26.3 Å². The molecule has 2 atom stereocenters. The maximum atomic E-state index is 13.5. The smallest absolute Gasteiger partial charge is 0.220 e. The highest BCUT2D eigenvalue weighted by molar-refractivity contribution is 5.85. The highest BCUT2D eigenvalue weighted by atomic mass is 35.5. The Morgan fingerprint density at radius 1 is 1.40 bits per heavy atom. The standard InChI is InChI=1S/C18H24F2N2O2.ClH/c1-2-9-24-10-3-4-18(23)22-17-12-21-8-7-14(17)13-5-6-15(19)16(20)11-13;/h2,5-6,11,14,17,21H,1,3-4,7-10,12H2,(H,22,23);1H. The summed E-state index contributed by atoms with van der Waals surface area (Å²) in [7, 11) is 0. The lowest BCUT2D eigenvalue weighted by Gasteiger charge is -2.33. The van der Waals surface area contributed by atoms with Crippen molar-refractivity contribution in [3.8, 4) is 0 Å². The van der Waals surface area contributed by atoms with Crippen molar-refractivity contribution >= 4 is 18.3 Å². The third-order valence-electron chi connectivity index (χ3n) is 4.13. The van der Waals surface area contributed by atoms with Crippen LogP contribution in [0.15, 0.2) is 30.9 Å². The summed E-state index contributed by atoms with van der Waals surface area (Å²) in [5.74, 6) is -1.79. The molecule has 0 aliphatic carbocycles. The number of benzene rings is 1. The molecule has 25 heavy (non-hydrogen) atoms. The summed E-state index contributed by atoms with van der Waals surface area (Å²) in [6.45, 7) is 5.94. The van der Waals surface area contributed by atoms with Gasteiger partial charge in [-0.3, -0.25) is 4.79 Å². The van der Waals surface area contributed by atoms with Gasteiger partial charge in [-0.1, -0.05) is 12.1 Å². The van der Waals surface area contributed by atoms with E-state index in [2.05, 4.69) is 17.2 Å². The molecule has 1 saturated heterocycles. The van der Waals surface area contributed by atoms with E-state index in [9.17, 15) is 13.6 Å². The fourth-order valence-corrected chi connectivity index (χ4v) is 2.93. The number of rotatable bonds is 8. The van der Waals surface area contributed by atoms with E-state index in [4.69, 9.17) is 4.74 Å². The van der Waals surface area contributed by atoms with Crippen LogP contribution in [0.5, 0.6) is 0 Å². The Balaban J connectivity index is 0.00000312. The molecule has 0 aromatic heterocycles. The summed E-state index contributed by atoms with van der Waals surface area (Å²) < 4.78 is 31.9. The van der Waals surface area contributed by atoms with E-state index in [0.29, 0.717) is 32.6 Å². The molecule has 0 spiro atoms. The van der Waals surface area contributed by atoms with Crippen LogP contribution in [0, 0.1) is 11.6 Å². The second kappa shape index (κ2) is 11.2. The molecule has 1 aromatic carbocycles. The highest BCUT2D eigenvalue weighted by Gasteiger charge is 2.28. The second-order valence-corrected chi connectivity index (χ2v) is 5.91. The van der Waals surface area contributed by atoms with E-state index in [0.717, 1.165) is 24.6 Å². The molecule has 1 amide bonds. The monoisotopic (exact) mass is 374 g/mol. The summed E-state index contributed by atoms with van der Waals surface area (Å²) >= 11 is 0. The van der Waals surface area contributed by atoms with Crippen molar-refractivity contribution in [3.05, 3.63) is 48.1 Å². The van der Waals surface area contributed by atoms with Crippen LogP contribution in [0.1, 0.15) is 30.7 Å². The van der Waals surface area contributed by atoms with Crippen LogP contribution in [0.2, 0.25) is 0 Å². The first-order valence-electron chi connectivity index (χ1n) is 8.25. The summed E-state index contributed by atoms with van der Waals surface area (Å²) in [6.07, 6.45) is 3.44. The van der Waals surface area contributed by atoms with Crippen LogP contribution in [-0.2, 0) is 9.53 Å². The van der Waals surface area contributed by atoms with Crippen LogP contribution >= 0.6 is 12.4 Å². The van der Waals surface area contributed by atoms with Gasteiger partial charge in [0, 0.05) is 31.5 Å². The normalized spacial score (nSPS) is 19.8. The number of amides is 1. The maximum Gasteiger partial charge on any atom is 0.220 e. The van der Waals surface area contributed by atoms with Gasteiger partial charge in [-0.25, -0.2) is 8.78 Å². The molecule has 2 N–H and O–H groups in total. The number of halogens is 3. The summed E-state index contributed by atoms with van der Waals surface area (Å²) in [5, 5.41) is 6.23. The van der Waals surface area contributed by atoms with Crippen molar-refractivity contribution in [1.82, 2.24) is 10.6 Å². The van der Waals surface area contributed by atoms with Gasteiger partial charge < -0.3 is 15.4 Å². The fraction of sp³-hybridized carbons (Fsp3) is 0.500. The van der Waals surface area contributed by atoms with Crippen molar-refractivity contribution in [3.63, 3.8) is 0 Å². The average Bonchev–Trinajstić information content (AvgIpc) is 2.58. The van der Waals surface area contributed by atoms with Crippen LogP contribution in [0.3, 0.4) is 0 Å². The first kappa shape index (κ1) is 21.5. The molecule has 1 aromatic rings.